The van der Waals surface area contributed by atoms with Crippen molar-refractivity contribution in [1.29, 1.82) is 0 Å². The molecule has 2 saturated heterocycles. The molecule has 0 spiro atoms. The fourth-order valence-electron chi connectivity index (χ4n) is 3.45. The molecule has 2 fully saturated rings. The van der Waals surface area contributed by atoms with Gasteiger partial charge in [0.15, 0.2) is 0 Å². The second kappa shape index (κ2) is 6.49. The Kier molecular flexibility index (Phi) is 4.20. The van der Waals surface area contributed by atoms with E-state index in [1.165, 1.54) is 9.60 Å². The predicted octanol–water partition coefficient (Wildman–Crippen LogP) is -0.198. The van der Waals surface area contributed by atoms with Crippen molar-refractivity contribution in [2.24, 2.45) is 0 Å². The Morgan fingerprint density at radius 2 is 2.12 bits per heavy atom. The van der Waals surface area contributed by atoms with Crippen molar-refractivity contribution in [2.75, 3.05) is 26.2 Å². The summed E-state index contributed by atoms with van der Waals surface area (Å²) in [4.78, 5) is 31.8. The maximum Gasteiger partial charge on any atom is 0.245 e. The van der Waals surface area contributed by atoms with Gasteiger partial charge >= 0.3 is 0 Å². The number of piperazine rings is 1. The number of hydrogen-bond acceptors (Lipinski definition) is 4. The van der Waals surface area contributed by atoms with Gasteiger partial charge in [0.25, 0.3) is 0 Å². The molecule has 2 aliphatic heterocycles. The highest BCUT2D eigenvalue weighted by atomic mass is 32.1. The van der Waals surface area contributed by atoms with Crippen LogP contribution in [0.5, 0.6) is 0 Å². The van der Waals surface area contributed by atoms with E-state index in [0.29, 0.717) is 12.8 Å². The normalized spacial score (nSPS) is 22.1. The van der Waals surface area contributed by atoms with Crippen molar-refractivity contribution in [3.05, 3.63) is 29.3 Å². The zero-order chi connectivity index (χ0) is 16.5. The summed E-state index contributed by atoms with van der Waals surface area (Å²) in [6.07, 6.45) is 1.11. The van der Waals surface area contributed by atoms with Crippen LogP contribution < -0.4 is 10.2 Å². The Hall–Kier alpha value is -1.99. The lowest BCUT2D eigenvalue weighted by Gasteiger charge is -2.33. The smallest absolute Gasteiger partial charge is 0.245 e. The first kappa shape index (κ1) is 15.5. The number of benzene rings is 1. The van der Waals surface area contributed by atoms with Crippen LogP contribution in [0.1, 0.15) is 17.8 Å². The van der Waals surface area contributed by atoms with Crippen LogP contribution in [0.15, 0.2) is 24.3 Å². The van der Waals surface area contributed by atoms with Gasteiger partial charge in [-0.2, -0.15) is 0 Å². The van der Waals surface area contributed by atoms with Gasteiger partial charge in [-0.15, -0.1) is 11.3 Å². The van der Waals surface area contributed by atoms with Crippen LogP contribution in [0.25, 0.3) is 10.2 Å². The highest BCUT2D eigenvalue weighted by Gasteiger charge is 2.33. The molecule has 2 N–H and O–H groups in total. The first-order chi connectivity index (χ1) is 11.7. The van der Waals surface area contributed by atoms with E-state index in [1.807, 2.05) is 17.0 Å². The van der Waals surface area contributed by atoms with Crippen molar-refractivity contribution in [3.63, 3.8) is 0 Å². The molecule has 4 rings (SSSR count). The van der Waals surface area contributed by atoms with Gasteiger partial charge < -0.3 is 15.1 Å². The molecule has 0 aliphatic carbocycles. The summed E-state index contributed by atoms with van der Waals surface area (Å²) < 4.78 is 1.23. The molecule has 0 saturated carbocycles. The van der Waals surface area contributed by atoms with Crippen LogP contribution in [-0.4, -0.2) is 53.9 Å². The molecule has 1 aromatic carbocycles. The van der Waals surface area contributed by atoms with E-state index < -0.39 is 0 Å². The number of nitrogens with one attached hydrogen (secondary N) is 2. The largest absolute Gasteiger partial charge is 0.344 e. The SMILES string of the molecule is O=C1CC[C@H](C(=O)N2CC[NH+](Cc3nc4ccccc4s3)CC2)N1. The molecule has 0 unspecified atom stereocenters. The summed E-state index contributed by atoms with van der Waals surface area (Å²) in [6, 6.07) is 7.92. The minimum atomic E-state index is -0.302. The zero-order valence-electron chi connectivity index (χ0n) is 13.5. The number of aromatic nitrogens is 1. The van der Waals surface area contributed by atoms with E-state index in [-0.39, 0.29) is 17.9 Å². The number of quaternary nitrogens is 1. The lowest BCUT2D eigenvalue weighted by molar-refractivity contribution is -0.917. The second-order valence-corrected chi connectivity index (χ2v) is 7.60. The highest BCUT2D eigenvalue weighted by Crippen LogP contribution is 2.20. The van der Waals surface area contributed by atoms with Gasteiger partial charge in [-0.05, 0) is 18.6 Å². The summed E-state index contributed by atoms with van der Waals surface area (Å²) in [6.45, 7) is 4.29. The molecule has 24 heavy (non-hydrogen) atoms. The van der Waals surface area contributed by atoms with Gasteiger partial charge in [-0.25, -0.2) is 4.98 Å². The summed E-state index contributed by atoms with van der Waals surface area (Å²) in [5.41, 5.74) is 1.07. The van der Waals surface area contributed by atoms with Gasteiger partial charge in [0, 0.05) is 6.42 Å². The maximum absolute atomic E-state index is 12.4. The molecule has 2 aliphatic rings. The summed E-state index contributed by atoms with van der Waals surface area (Å²) >= 11 is 1.76. The van der Waals surface area contributed by atoms with E-state index in [4.69, 9.17) is 4.98 Å². The minimum absolute atomic E-state index is 0.00607. The van der Waals surface area contributed by atoms with Crippen LogP contribution in [-0.2, 0) is 16.1 Å². The summed E-state index contributed by atoms with van der Waals surface area (Å²) in [5.74, 6) is 0.0772. The Balaban J connectivity index is 1.32. The fourth-order valence-corrected chi connectivity index (χ4v) is 4.49. The average Bonchev–Trinajstić information content (AvgIpc) is 3.20. The van der Waals surface area contributed by atoms with Crippen molar-refractivity contribution >= 4 is 33.4 Å². The Bertz CT molecular complexity index is 734. The van der Waals surface area contributed by atoms with Crippen molar-refractivity contribution in [2.45, 2.75) is 25.4 Å². The fraction of sp³-hybridized carbons (Fsp3) is 0.471. The Morgan fingerprint density at radius 3 is 2.83 bits per heavy atom. The van der Waals surface area contributed by atoms with Gasteiger partial charge in [0.1, 0.15) is 17.6 Å². The molecule has 3 heterocycles. The molecule has 2 amide bonds. The molecular formula is C17H21N4O2S+. The van der Waals surface area contributed by atoms with E-state index in [0.717, 1.165) is 43.2 Å². The number of rotatable bonds is 3. The van der Waals surface area contributed by atoms with E-state index in [9.17, 15) is 9.59 Å². The van der Waals surface area contributed by atoms with Crippen LogP contribution in [0.3, 0.4) is 0 Å². The molecular weight excluding hydrogens is 324 g/mol. The Labute approximate surface area is 144 Å². The number of fused-ring (bicyclic) bond motifs is 1. The summed E-state index contributed by atoms with van der Waals surface area (Å²) in [5, 5.41) is 3.93. The van der Waals surface area contributed by atoms with E-state index >= 15 is 0 Å². The molecule has 1 aromatic heterocycles. The van der Waals surface area contributed by atoms with Gasteiger partial charge in [0.05, 0.1) is 36.4 Å². The van der Waals surface area contributed by atoms with Crippen LogP contribution >= 0.6 is 11.3 Å². The third-order valence-electron chi connectivity index (χ3n) is 4.82. The number of nitrogens with zero attached hydrogens (tertiary/aromatic N) is 2. The Morgan fingerprint density at radius 1 is 1.33 bits per heavy atom. The third-order valence-corrected chi connectivity index (χ3v) is 5.85. The van der Waals surface area contributed by atoms with Crippen molar-refractivity contribution in [1.82, 2.24) is 15.2 Å². The molecule has 2 aromatic rings. The van der Waals surface area contributed by atoms with Crippen molar-refractivity contribution in [3.8, 4) is 0 Å². The van der Waals surface area contributed by atoms with E-state index in [2.05, 4.69) is 17.4 Å². The lowest BCUT2D eigenvalue weighted by Crippen LogP contribution is -3.13. The highest BCUT2D eigenvalue weighted by molar-refractivity contribution is 7.18. The van der Waals surface area contributed by atoms with Crippen LogP contribution in [0.2, 0.25) is 0 Å². The molecule has 0 bridgehead atoms. The van der Waals surface area contributed by atoms with Gasteiger partial charge in [-0.1, -0.05) is 12.1 Å². The molecule has 126 valence electrons. The monoisotopic (exact) mass is 345 g/mol. The lowest BCUT2D eigenvalue weighted by atomic mass is 10.2. The standard InChI is InChI=1S/C17H20N4O2S/c22-15-6-5-13(18-15)17(23)21-9-7-20(8-10-21)11-16-19-12-3-1-2-4-14(12)24-16/h1-4,13H,5-11H2,(H,18,22)/p+1/t13-/m1/s1. The molecule has 7 heteroatoms. The average molecular weight is 345 g/mol. The van der Waals surface area contributed by atoms with Gasteiger partial charge in [-0.3, -0.25) is 9.59 Å². The topological polar surface area (TPSA) is 66.7 Å². The zero-order valence-corrected chi connectivity index (χ0v) is 14.3. The first-order valence-corrected chi connectivity index (χ1v) is 9.27. The number of amides is 2. The predicted molar refractivity (Wildman–Crippen MR) is 91.8 cm³/mol. The molecule has 6 nitrogen and oxygen atoms in total. The molecule has 0 radical (unpaired) electrons. The second-order valence-electron chi connectivity index (χ2n) is 6.49. The van der Waals surface area contributed by atoms with Gasteiger partial charge in [0.2, 0.25) is 11.8 Å². The van der Waals surface area contributed by atoms with Crippen molar-refractivity contribution < 1.29 is 14.5 Å². The number of hydrogen-bond donors (Lipinski definition) is 2. The number of carbonyl (C=O) groups excluding carboxylic acids is 2. The first-order valence-electron chi connectivity index (χ1n) is 8.45. The molecule has 1 atom stereocenters. The quantitative estimate of drug-likeness (QED) is 0.810. The third kappa shape index (κ3) is 3.14. The number of thiazole rings is 1. The van der Waals surface area contributed by atoms with Crippen LogP contribution in [0, 0.1) is 0 Å². The number of carbonyl (C=O) groups is 2. The maximum atomic E-state index is 12.4. The van der Waals surface area contributed by atoms with E-state index in [1.54, 1.807) is 11.3 Å². The number of para-hydroxylation sites is 1. The minimum Gasteiger partial charge on any atom is -0.344 e. The van der Waals surface area contributed by atoms with Crippen LogP contribution in [0.4, 0.5) is 0 Å². The summed E-state index contributed by atoms with van der Waals surface area (Å²) in [7, 11) is 0.